The predicted molar refractivity (Wildman–Crippen MR) is 66.5 cm³/mol. The minimum Gasteiger partial charge on any atom is -0.278 e. The topological polar surface area (TPSA) is 28.7 Å². The lowest BCUT2D eigenvalue weighted by molar-refractivity contribution is 1.12. The molecule has 78 valence electrons. The van der Waals surface area contributed by atoms with Crippen LogP contribution >= 0.6 is 11.6 Å². The van der Waals surface area contributed by atoms with E-state index in [2.05, 4.69) is 22.3 Å². The van der Waals surface area contributed by atoms with E-state index in [0.29, 0.717) is 0 Å². The highest BCUT2D eigenvalue weighted by atomic mass is 35.5. The summed E-state index contributed by atoms with van der Waals surface area (Å²) in [4.78, 5) is 0. The minimum atomic E-state index is 0.765. The fourth-order valence-corrected chi connectivity index (χ4v) is 2.04. The molecular formula is C13H9ClN2. The van der Waals surface area contributed by atoms with Crippen LogP contribution in [0.3, 0.4) is 0 Å². The van der Waals surface area contributed by atoms with Gasteiger partial charge < -0.3 is 0 Å². The van der Waals surface area contributed by atoms with Gasteiger partial charge in [0.2, 0.25) is 0 Å². The third-order valence-corrected chi connectivity index (χ3v) is 2.96. The van der Waals surface area contributed by atoms with E-state index in [1.165, 1.54) is 0 Å². The molecule has 0 spiro atoms. The second-order valence-electron chi connectivity index (χ2n) is 3.65. The van der Waals surface area contributed by atoms with Crippen LogP contribution in [0, 0.1) is 0 Å². The first-order valence-corrected chi connectivity index (χ1v) is 5.40. The molecule has 0 aliphatic rings. The highest BCUT2D eigenvalue weighted by molar-refractivity contribution is 6.33. The van der Waals surface area contributed by atoms with Crippen LogP contribution in [0.4, 0.5) is 0 Å². The molecule has 0 unspecified atom stereocenters. The Balaban J connectivity index is 2.22. The lowest BCUT2D eigenvalue weighted by Gasteiger charge is -2.03. The molecule has 3 heteroatoms. The van der Waals surface area contributed by atoms with Gasteiger partial charge in [-0.1, -0.05) is 41.9 Å². The average Bonchev–Trinajstić information content (AvgIpc) is 2.76. The standard InChI is InChI=1S/C13H9ClN2/c14-12-4-2-1-3-11(12)9-5-6-10-8-15-16-13(10)7-9/h1-8H,(H,15,16). The van der Waals surface area contributed by atoms with Crippen LogP contribution in [0.5, 0.6) is 0 Å². The van der Waals surface area contributed by atoms with Crippen molar-refractivity contribution in [2.45, 2.75) is 0 Å². The van der Waals surface area contributed by atoms with Gasteiger partial charge in [0.1, 0.15) is 0 Å². The van der Waals surface area contributed by atoms with E-state index in [4.69, 9.17) is 11.6 Å². The smallest absolute Gasteiger partial charge is 0.0656 e. The summed E-state index contributed by atoms with van der Waals surface area (Å²) in [5, 5.41) is 8.83. The zero-order valence-corrected chi connectivity index (χ0v) is 9.20. The van der Waals surface area contributed by atoms with Crippen molar-refractivity contribution in [1.29, 1.82) is 0 Å². The SMILES string of the molecule is Clc1ccccc1-c1ccc2cn[nH]c2c1. The van der Waals surface area contributed by atoms with Gasteiger partial charge in [0, 0.05) is 16.0 Å². The van der Waals surface area contributed by atoms with Crippen molar-refractivity contribution in [2.24, 2.45) is 0 Å². The number of benzene rings is 2. The van der Waals surface area contributed by atoms with Crippen LogP contribution in [0.15, 0.2) is 48.7 Å². The van der Waals surface area contributed by atoms with E-state index >= 15 is 0 Å². The van der Waals surface area contributed by atoms with Gasteiger partial charge in [-0.05, 0) is 17.7 Å². The predicted octanol–water partition coefficient (Wildman–Crippen LogP) is 3.88. The maximum Gasteiger partial charge on any atom is 0.0656 e. The van der Waals surface area contributed by atoms with Crippen molar-refractivity contribution in [3.05, 3.63) is 53.7 Å². The summed E-state index contributed by atoms with van der Waals surface area (Å²) >= 11 is 6.16. The maximum atomic E-state index is 6.16. The highest BCUT2D eigenvalue weighted by Gasteiger charge is 2.03. The zero-order valence-electron chi connectivity index (χ0n) is 8.44. The molecule has 3 rings (SSSR count). The Hall–Kier alpha value is -1.80. The molecule has 1 aromatic heterocycles. The molecule has 0 fully saturated rings. The van der Waals surface area contributed by atoms with E-state index in [-0.39, 0.29) is 0 Å². The van der Waals surface area contributed by atoms with Crippen molar-refractivity contribution < 1.29 is 0 Å². The lowest BCUT2D eigenvalue weighted by atomic mass is 10.0. The normalized spacial score (nSPS) is 10.8. The van der Waals surface area contributed by atoms with E-state index < -0.39 is 0 Å². The van der Waals surface area contributed by atoms with Gasteiger partial charge in [-0.2, -0.15) is 5.10 Å². The number of nitrogens with zero attached hydrogens (tertiary/aromatic N) is 1. The van der Waals surface area contributed by atoms with Crippen molar-refractivity contribution >= 4 is 22.5 Å². The second kappa shape index (κ2) is 3.65. The second-order valence-corrected chi connectivity index (χ2v) is 4.06. The van der Waals surface area contributed by atoms with Crippen LogP contribution in [0.1, 0.15) is 0 Å². The molecule has 3 aromatic rings. The summed E-state index contributed by atoms with van der Waals surface area (Å²) in [5.74, 6) is 0. The molecule has 2 nitrogen and oxygen atoms in total. The number of rotatable bonds is 1. The summed E-state index contributed by atoms with van der Waals surface area (Å²) < 4.78 is 0. The maximum absolute atomic E-state index is 6.16. The monoisotopic (exact) mass is 228 g/mol. The summed E-state index contributed by atoms with van der Waals surface area (Å²) in [7, 11) is 0. The third-order valence-electron chi connectivity index (χ3n) is 2.63. The van der Waals surface area contributed by atoms with Gasteiger partial charge in [0.05, 0.1) is 11.7 Å². The van der Waals surface area contributed by atoms with E-state index in [1.54, 1.807) is 0 Å². The first-order valence-electron chi connectivity index (χ1n) is 5.02. The number of hydrogen-bond acceptors (Lipinski definition) is 1. The molecule has 2 aromatic carbocycles. The Morgan fingerprint density at radius 1 is 1.06 bits per heavy atom. The Labute approximate surface area is 97.9 Å². The Morgan fingerprint density at radius 3 is 2.81 bits per heavy atom. The number of fused-ring (bicyclic) bond motifs is 1. The van der Waals surface area contributed by atoms with Gasteiger partial charge in [-0.3, -0.25) is 5.10 Å². The summed E-state index contributed by atoms with van der Waals surface area (Å²) in [6.07, 6.45) is 1.81. The first-order chi connectivity index (χ1) is 7.84. The average molecular weight is 229 g/mol. The molecule has 1 N–H and O–H groups in total. The molecule has 0 aliphatic carbocycles. The molecule has 0 amide bonds. The molecule has 1 heterocycles. The van der Waals surface area contributed by atoms with Gasteiger partial charge in [0.15, 0.2) is 0 Å². The van der Waals surface area contributed by atoms with Crippen molar-refractivity contribution in [1.82, 2.24) is 10.2 Å². The van der Waals surface area contributed by atoms with Gasteiger partial charge in [-0.15, -0.1) is 0 Å². The van der Waals surface area contributed by atoms with E-state index in [0.717, 1.165) is 27.1 Å². The molecule has 0 bridgehead atoms. The van der Waals surface area contributed by atoms with Gasteiger partial charge in [-0.25, -0.2) is 0 Å². The lowest BCUT2D eigenvalue weighted by Crippen LogP contribution is -1.79. The molecule has 0 atom stereocenters. The summed E-state index contributed by atoms with van der Waals surface area (Å²) in [6, 6.07) is 14.0. The van der Waals surface area contributed by atoms with Crippen LogP contribution in [-0.2, 0) is 0 Å². The number of aromatic amines is 1. The molecular weight excluding hydrogens is 220 g/mol. The van der Waals surface area contributed by atoms with Crippen molar-refractivity contribution in [3.63, 3.8) is 0 Å². The Bertz CT molecular complexity index is 643. The van der Waals surface area contributed by atoms with E-state index in [1.807, 2.05) is 36.5 Å². The van der Waals surface area contributed by atoms with Crippen molar-refractivity contribution in [2.75, 3.05) is 0 Å². The van der Waals surface area contributed by atoms with Crippen LogP contribution in [0.25, 0.3) is 22.0 Å². The fraction of sp³-hybridized carbons (Fsp3) is 0. The number of nitrogens with one attached hydrogen (secondary N) is 1. The molecule has 0 radical (unpaired) electrons. The summed E-state index contributed by atoms with van der Waals surface area (Å²) in [5.41, 5.74) is 3.17. The van der Waals surface area contributed by atoms with Gasteiger partial charge in [0.25, 0.3) is 0 Å². The number of halogens is 1. The third kappa shape index (κ3) is 1.48. The van der Waals surface area contributed by atoms with Crippen molar-refractivity contribution in [3.8, 4) is 11.1 Å². The van der Waals surface area contributed by atoms with Crippen LogP contribution in [0.2, 0.25) is 5.02 Å². The summed E-state index contributed by atoms with van der Waals surface area (Å²) in [6.45, 7) is 0. The first kappa shape index (κ1) is 9.43. The minimum absolute atomic E-state index is 0.765. The number of H-pyrrole nitrogens is 1. The Morgan fingerprint density at radius 2 is 1.94 bits per heavy atom. The quantitative estimate of drug-likeness (QED) is 0.673. The zero-order chi connectivity index (χ0) is 11.0. The highest BCUT2D eigenvalue weighted by Crippen LogP contribution is 2.29. The largest absolute Gasteiger partial charge is 0.278 e. The Kier molecular flexibility index (Phi) is 2.15. The fourth-order valence-electron chi connectivity index (χ4n) is 1.80. The van der Waals surface area contributed by atoms with Crippen LogP contribution in [-0.4, -0.2) is 10.2 Å². The van der Waals surface area contributed by atoms with Gasteiger partial charge >= 0.3 is 0 Å². The van der Waals surface area contributed by atoms with Crippen LogP contribution < -0.4 is 0 Å². The molecule has 16 heavy (non-hydrogen) atoms. The molecule has 0 saturated carbocycles. The number of hydrogen-bond donors (Lipinski definition) is 1. The molecule has 0 saturated heterocycles. The number of aromatic nitrogens is 2. The van der Waals surface area contributed by atoms with E-state index in [9.17, 15) is 0 Å². The molecule has 0 aliphatic heterocycles.